The van der Waals surface area contributed by atoms with Gasteiger partial charge in [-0.1, -0.05) is 12.1 Å². The number of nitrogens with zero attached hydrogens (tertiary/aromatic N) is 8. The quantitative estimate of drug-likeness (QED) is 0.100. The molecule has 2 aliphatic rings. The summed E-state index contributed by atoms with van der Waals surface area (Å²) in [5.41, 5.74) is 1.86. The van der Waals surface area contributed by atoms with Gasteiger partial charge in [-0.05, 0) is 215 Å². The molecule has 82 heavy (non-hydrogen) atoms. The van der Waals surface area contributed by atoms with E-state index < -0.39 is 57.5 Å². The second-order valence-corrected chi connectivity index (χ2v) is 21.5. The monoisotopic (exact) mass is 1100 g/mol. The molecular weight excluding hydrogens is 1050 g/mol. The summed E-state index contributed by atoms with van der Waals surface area (Å²) in [7, 11) is 1.32. The van der Waals surface area contributed by atoms with Crippen molar-refractivity contribution in [3.63, 3.8) is 0 Å². The molecule has 1 atom stereocenters. The predicted octanol–water partition coefficient (Wildman–Crippen LogP) is 12.5. The highest BCUT2D eigenvalue weighted by molar-refractivity contribution is 6.36. The molecule has 9 aromatic rings. The lowest BCUT2D eigenvalue weighted by atomic mass is 9.74. The Morgan fingerprint density at radius 2 is 0.659 bits per heavy atom. The molecule has 410 valence electrons. The summed E-state index contributed by atoms with van der Waals surface area (Å²) in [5, 5.41) is 17.7. The van der Waals surface area contributed by atoms with Gasteiger partial charge in [-0.15, -0.1) is 0 Å². The largest absolute Gasteiger partial charge is 0.402 e. The zero-order chi connectivity index (χ0) is 59.1. The normalized spacial score (nSPS) is 14.5. The number of carbonyl (C=O) groups is 4. The maximum atomic E-state index is 15.8. The van der Waals surface area contributed by atoms with Crippen molar-refractivity contribution in [1.82, 2.24) is 9.13 Å². The number of fused-ring (bicyclic) bond motifs is 4. The van der Waals surface area contributed by atoms with E-state index >= 15 is 13.2 Å². The van der Waals surface area contributed by atoms with Gasteiger partial charge >= 0.3 is 6.18 Å². The van der Waals surface area contributed by atoms with Crippen molar-refractivity contribution < 1.29 is 32.3 Å². The Hall–Kier alpha value is -9.91. The van der Waals surface area contributed by atoms with Gasteiger partial charge in [0.25, 0.3) is 45.9 Å². The van der Waals surface area contributed by atoms with Crippen LogP contribution in [0.4, 0.5) is 47.3 Å². The van der Waals surface area contributed by atoms with Gasteiger partial charge in [-0.2, -0.15) is 33.6 Å². The first kappa shape index (κ1) is 54.1. The number of aromatic nitrogens is 2. The zero-order valence-electron chi connectivity index (χ0n) is 46.2. The van der Waals surface area contributed by atoms with E-state index in [-0.39, 0.29) is 66.3 Å². The van der Waals surface area contributed by atoms with Crippen LogP contribution in [0, 0.1) is 62.3 Å². The molecular formula is C63H49F3N8O8. The topological polar surface area (TPSA) is 202 Å². The summed E-state index contributed by atoms with van der Waals surface area (Å²) >= 11 is 0. The van der Waals surface area contributed by atoms with Gasteiger partial charge in [0.05, 0.1) is 83.6 Å². The first-order chi connectivity index (χ1) is 38.6. The van der Waals surface area contributed by atoms with E-state index in [4.69, 9.17) is 0 Å². The third kappa shape index (κ3) is 8.11. The molecule has 0 N–H and O–H groups in total. The number of benzene rings is 7. The number of carbonyl (C=O) groups excluding carboxylic acids is 4. The van der Waals surface area contributed by atoms with E-state index in [2.05, 4.69) is 20.5 Å². The second kappa shape index (κ2) is 18.9. The van der Waals surface area contributed by atoms with Crippen LogP contribution in [0.15, 0.2) is 137 Å². The number of imide groups is 2. The number of azo groups is 2. The molecule has 0 spiro atoms. The van der Waals surface area contributed by atoms with Gasteiger partial charge < -0.3 is 0 Å². The van der Waals surface area contributed by atoms with Crippen molar-refractivity contribution in [2.45, 2.75) is 80.8 Å². The van der Waals surface area contributed by atoms with Crippen molar-refractivity contribution >= 4 is 79.3 Å². The fraction of sp³-hybridized carbons (Fsp3) is 0.206. The van der Waals surface area contributed by atoms with Crippen LogP contribution in [0.1, 0.15) is 110 Å². The Bertz CT molecular complexity index is 4560. The van der Waals surface area contributed by atoms with Crippen LogP contribution in [0.25, 0.3) is 27.2 Å². The molecule has 4 amide bonds. The number of aryl methyl sites for hydroxylation is 8. The molecule has 2 aliphatic heterocycles. The molecule has 0 bridgehead atoms. The third-order valence-corrected chi connectivity index (χ3v) is 16.2. The zero-order valence-corrected chi connectivity index (χ0v) is 46.2. The molecule has 19 heteroatoms. The number of hydrogen-bond acceptors (Lipinski definition) is 12. The first-order valence-corrected chi connectivity index (χ1v) is 25.9. The van der Waals surface area contributed by atoms with Crippen LogP contribution in [0.3, 0.4) is 0 Å². The van der Waals surface area contributed by atoms with Crippen molar-refractivity contribution in [2.75, 3.05) is 9.80 Å². The number of alkyl halides is 3. The van der Waals surface area contributed by atoms with Gasteiger partial charge in [0.2, 0.25) is 0 Å². The average Bonchev–Trinajstić information content (AvgIpc) is 3.94. The number of hydrogen-bond donors (Lipinski definition) is 0. The van der Waals surface area contributed by atoms with E-state index in [1.54, 1.807) is 77.9 Å². The van der Waals surface area contributed by atoms with Crippen molar-refractivity contribution in [1.29, 1.82) is 0 Å². The lowest BCUT2D eigenvalue weighted by Crippen LogP contribution is -2.41. The number of rotatable bonds is 9. The molecule has 0 radical (unpaired) electrons. The molecule has 4 heterocycles. The maximum Gasteiger partial charge on any atom is 0.402 e. The number of anilines is 2. The molecule has 1 unspecified atom stereocenters. The molecule has 7 aromatic carbocycles. The van der Waals surface area contributed by atoms with E-state index in [1.807, 2.05) is 32.9 Å². The molecule has 0 fully saturated rings. The van der Waals surface area contributed by atoms with Crippen LogP contribution < -0.4 is 32.0 Å². The Kier molecular flexibility index (Phi) is 12.4. The molecule has 11 rings (SSSR count). The van der Waals surface area contributed by atoms with Gasteiger partial charge in [0.1, 0.15) is 5.41 Å². The molecule has 16 nitrogen and oxygen atoms in total. The molecule has 0 saturated heterocycles. The number of amides is 4. The fourth-order valence-electron chi connectivity index (χ4n) is 11.6. The highest BCUT2D eigenvalue weighted by Crippen LogP contribution is 2.49. The minimum atomic E-state index is -5.03. The summed E-state index contributed by atoms with van der Waals surface area (Å²) in [6.45, 7) is 17.0. The van der Waals surface area contributed by atoms with E-state index in [9.17, 15) is 38.4 Å². The lowest BCUT2D eigenvalue weighted by Gasteiger charge is -2.33. The standard InChI is InChI=1S/C63H49F3N8O8/c1-28-16-39(17-29(2)36(28)9)67-68-40-18-30(3)51(31(4)19-40)72-56(77)43-14-12-37(24-45(43)58(72)79)62(10,63(64,65)66)38-13-15-44-46(25-38)59(80)73(57(44)78)52-32(5)20-41(21-33(52)6)69-70-42-22-34(7)53(35(8)23-42)74-60(81)49-26-47-48(27-50(49)61(74)82)55(76)71(11)54(47)75/h12-27H,1-11H3. The summed E-state index contributed by atoms with van der Waals surface area (Å²) < 4.78 is 49.2. The second-order valence-electron chi connectivity index (χ2n) is 21.5. The van der Waals surface area contributed by atoms with E-state index in [0.29, 0.717) is 61.8 Å². The lowest BCUT2D eigenvalue weighted by molar-refractivity contribution is -0.173. The Balaban J connectivity index is 0.851. The van der Waals surface area contributed by atoms with Crippen LogP contribution in [0.2, 0.25) is 0 Å². The Labute approximate surface area is 464 Å². The van der Waals surface area contributed by atoms with Gasteiger partial charge in [-0.25, -0.2) is 14.4 Å². The summed E-state index contributed by atoms with van der Waals surface area (Å²) in [4.78, 5) is 111. The third-order valence-electron chi connectivity index (χ3n) is 16.2. The van der Waals surface area contributed by atoms with E-state index in [1.165, 1.54) is 31.3 Å². The van der Waals surface area contributed by atoms with Crippen LogP contribution >= 0.6 is 0 Å². The average molecular weight is 1100 g/mol. The van der Waals surface area contributed by atoms with Gasteiger partial charge in [0.15, 0.2) is 0 Å². The summed E-state index contributed by atoms with van der Waals surface area (Å²) in [5.74, 6) is -3.15. The van der Waals surface area contributed by atoms with Gasteiger partial charge in [-0.3, -0.25) is 42.9 Å². The minimum Gasteiger partial charge on any atom is -0.277 e. The Morgan fingerprint density at radius 3 is 0.988 bits per heavy atom. The summed E-state index contributed by atoms with van der Waals surface area (Å²) in [6, 6.07) is 22.9. The molecule has 0 saturated carbocycles. The summed E-state index contributed by atoms with van der Waals surface area (Å²) in [6.07, 6.45) is -5.03. The predicted molar refractivity (Wildman–Crippen MR) is 305 cm³/mol. The highest BCUT2D eigenvalue weighted by atomic mass is 19.4. The molecule has 2 aromatic heterocycles. The first-order valence-electron chi connectivity index (χ1n) is 25.9. The minimum absolute atomic E-state index is 0.0000818. The fourth-order valence-corrected chi connectivity index (χ4v) is 11.6. The highest BCUT2D eigenvalue weighted by Gasteiger charge is 2.55. The van der Waals surface area contributed by atoms with Crippen molar-refractivity contribution in [3.05, 3.63) is 222 Å². The van der Waals surface area contributed by atoms with Crippen LogP contribution in [-0.4, -0.2) is 38.9 Å². The molecule has 0 aliphatic carbocycles. The SMILES string of the molecule is Cc1cc(N=Nc2cc(C)c(N3C(=O)c4ccc(C(C)(c5ccc6c(c5)C(=O)N(c5c(C)cc(N=Nc7cc(C)c(-n8c(=O)c9cc%10c(=O)n(C)c(=O)c%10cc9c8=O)c(C)c7)cc5C)C6=O)C(F)(F)F)cc4C3=O)c(C)c2)cc(C)c1C. The van der Waals surface area contributed by atoms with Crippen LogP contribution in [-0.2, 0) is 12.5 Å². The van der Waals surface area contributed by atoms with E-state index in [0.717, 1.165) is 66.8 Å². The number of halogens is 3. The Morgan fingerprint density at radius 1 is 0.366 bits per heavy atom. The van der Waals surface area contributed by atoms with Crippen molar-refractivity contribution in [2.24, 2.45) is 27.5 Å². The maximum absolute atomic E-state index is 15.8. The van der Waals surface area contributed by atoms with Crippen molar-refractivity contribution in [3.8, 4) is 5.69 Å². The van der Waals surface area contributed by atoms with Gasteiger partial charge in [0, 0.05) is 7.05 Å². The van der Waals surface area contributed by atoms with Crippen LogP contribution in [0.5, 0.6) is 0 Å². The smallest absolute Gasteiger partial charge is 0.277 e.